The van der Waals surface area contributed by atoms with E-state index in [-0.39, 0.29) is 6.42 Å². The second kappa shape index (κ2) is 3.93. The van der Waals surface area contributed by atoms with Gasteiger partial charge in [-0.2, -0.15) is 5.26 Å². The average Bonchev–Trinajstić information content (AvgIpc) is 2.13. The Kier molecular flexibility index (Phi) is 2.88. The highest BCUT2D eigenvalue weighted by Gasteiger charge is 2.10. The van der Waals surface area contributed by atoms with Crippen LogP contribution in [0.2, 0.25) is 0 Å². The van der Waals surface area contributed by atoms with Gasteiger partial charge in [-0.15, -0.1) is 0 Å². The molecule has 1 N–H and O–H groups in total. The summed E-state index contributed by atoms with van der Waals surface area (Å²) in [6, 6.07) is 5.51. The maximum atomic E-state index is 10.6. The Balaban J connectivity index is 3.29. The summed E-state index contributed by atoms with van der Waals surface area (Å²) in [6.07, 6.45) is -0.0869. The lowest BCUT2D eigenvalue weighted by molar-refractivity contribution is -0.136. The van der Waals surface area contributed by atoms with Gasteiger partial charge in [-0.05, 0) is 36.6 Å². The number of carboxylic acid groups (broad SMARTS) is 1. The maximum absolute atomic E-state index is 10.6. The summed E-state index contributed by atoms with van der Waals surface area (Å²) >= 11 is 0. The summed E-state index contributed by atoms with van der Waals surface area (Å²) in [5, 5.41) is 17.5. The fourth-order valence-corrected chi connectivity index (χ4v) is 1.36. The first-order valence-corrected chi connectivity index (χ1v) is 4.27. The molecule has 3 nitrogen and oxygen atoms in total. The molecule has 0 amide bonds. The lowest BCUT2D eigenvalue weighted by atomic mass is 9.96. The van der Waals surface area contributed by atoms with Crippen LogP contribution in [-0.2, 0) is 11.2 Å². The van der Waals surface area contributed by atoms with Crippen molar-refractivity contribution in [1.29, 1.82) is 5.26 Å². The van der Waals surface area contributed by atoms with E-state index in [1.54, 1.807) is 6.07 Å². The van der Waals surface area contributed by atoms with E-state index >= 15 is 0 Å². The van der Waals surface area contributed by atoms with Crippen LogP contribution in [0.4, 0.5) is 0 Å². The number of rotatable bonds is 2. The topological polar surface area (TPSA) is 61.1 Å². The van der Waals surface area contributed by atoms with Gasteiger partial charge in [0, 0.05) is 0 Å². The van der Waals surface area contributed by atoms with Crippen LogP contribution in [0.1, 0.15) is 22.3 Å². The Morgan fingerprint density at radius 2 is 2.14 bits per heavy atom. The zero-order valence-electron chi connectivity index (χ0n) is 8.16. The van der Waals surface area contributed by atoms with E-state index in [0.717, 1.165) is 11.1 Å². The maximum Gasteiger partial charge on any atom is 0.307 e. The van der Waals surface area contributed by atoms with Crippen LogP contribution >= 0.6 is 0 Å². The SMILES string of the molecule is Cc1ccc(C#N)c(CC(=O)O)c1C. The highest BCUT2D eigenvalue weighted by Crippen LogP contribution is 2.18. The van der Waals surface area contributed by atoms with Gasteiger partial charge in [-0.3, -0.25) is 4.79 Å². The van der Waals surface area contributed by atoms with Crippen molar-refractivity contribution in [2.75, 3.05) is 0 Å². The first-order valence-electron chi connectivity index (χ1n) is 4.27. The molecular weight excluding hydrogens is 178 g/mol. The molecule has 3 heteroatoms. The molecule has 1 rings (SSSR count). The van der Waals surface area contributed by atoms with E-state index in [1.165, 1.54) is 0 Å². The van der Waals surface area contributed by atoms with Crippen molar-refractivity contribution >= 4 is 5.97 Å². The van der Waals surface area contributed by atoms with Crippen LogP contribution in [0.3, 0.4) is 0 Å². The number of carbonyl (C=O) groups is 1. The summed E-state index contributed by atoms with van der Waals surface area (Å²) in [6.45, 7) is 3.75. The molecule has 0 fully saturated rings. The minimum atomic E-state index is -0.907. The van der Waals surface area contributed by atoms with Gasteiger partial charge in [-0.1, -0.05) is 6.07 Å². The molecule has 0 saturated carbocycles. The van der Waals surface area contributed by atoms with E-state index in [1.807, 2.05) is 26.0 Å². The number of aliphatic carboxylic acids is 1. The van der Waals surface area contributed by atoms with Gasteiger partial charge < -0.3 is 5.11 Å². The van der Waals surface area contributed by atoms with Crippen molar-refractivity contribution in [3.63, 3.8) is 0 Å². The van der Waals surface area contributed by atoms with Gasteiger partial charge in [0.2, 0.25) is 0 Å². The van der Waals surface area contributed by atoms with Crippen LogP contribution in [0.15, 0.2) is 12.1 Å². The molecule has 14 heavy (non-hydrogen) atoms. The fourth-order valence-electron chi connectivity index (χ4n) is 1.36. The molecule has 0 aliphatic heterocycles. The van der Waals surface area contributed by atoms with Gasteiger partial charge in [0.1, 0.15) is 0 Å². The number of benzene rings is 1. The average molecular weight is 189 g/mol. The predicted molar refractivity (Wildman–Crippen MR) is 52.0 cm³/mol. The molecule has 0 aromatic heterocycles. The molecule has 0 aliphatic carbocycles. The third-order valence-corrected chi connectivity index (χ3v) is 2.32. The van der Waals surface area contributed by atoms with E-state index in [9.17, 15) is 4.79 Å². The van der Waals surface area contributed by atoms with Crippen molar-refractivity contribution < 1.29 is 9.90 Å². The molecule has 1 aromatic carbocycles. The number of aryl methyl sites for hydroxylation is 1. The number of nitriles is 1. The Morgan fingerprint density at radius 3 is 2.64 bits per heavy atom. The zero-order chi connectivity index (χ0) is 10.7. The van der Waals surface area contributed by atoms with Gasteiger partial charge in [0.25, 0.3) is 0 Å². The molecule has 0 aliphatic rings. The monoisotopic (exact) mass is 189 g/mol. The second-order valence-corrected chi connectivity index (χ2v) is 3.22. The molecule has 0 spiro atoms. The number of hydrogen-bond donors (Lipinski definition) is 1. The second-order valence-electron chi connectivity index (χ2n) is 3.22. The van der Waals surface area contributed by atoms with Gasteiger partial charge >= 0.3 is 5.97 Å². The molecule has 0 heterocycles. The van der Waals surface area contributed by atoms with Crippen LogP contribution < -0.4 is 0 Å². The minimum absolute atomic E-state index is 0.0869. The van der Waals surface area contributed by atoms with Crippen LogP contribution in [0, 0.1) is 25.2 Å². The van der Waals surface area contributed by atoms with E-state index in [4.69, 9.17) is 10.4 Å². The van der Waals surface area contributed by atoms with Crippen LogP contribution in [0.25, 0.3) is 0 Å². The van der Waals surface area contributed by atoms with Crippen LogP contribution in [-0.4, -0.2) is 11.1 Å². The van der Waals surface area contributed by atoms with Crippen LogP contribution in [0.5, 0.6) is 0 Å². The van der Waals surface area contributed by atoms with Crippen molar-refractivity contribution in [2.24, 2.45) is 0 Å². The number of carboxylic acids is 1. The van der Waals surface area contributed by atoms with Crippen molar-refractivity contribution in [3.05, 3.63) is 34.4 Å². The lowest BCUT2D eigenvalue weighted by Crippen LogP contribution is -2.05. The molecule has 0 saturated heterocycles. The summed E-state index contributed by atoms with van der Waals surface area (Å²) in [5.41, 5.74) is 2.99. The molecule has 72 valence electrons. The Morgan fingerprint density at radius 1 is 1.50 bits per heavy atom. The van der Waals surface area contributed by atoms with E-state index in [2.05, 4.69) is 0 Å². The number of hydrogen-bond acceptors (Lipinski definition) is 2. The molecule has 1 aromatic rings. The highest BCUT2D eigenvalue weighted by atomic mass is 16.4. The minimum Gasteiger partial charge on any atom is -0.481 e. The van der Waals surface area contributed by atoms with Gasteiger partial charge in [-0.25, -0.2) is 0 Å². The molecule has 0 unspecified atom stereocenters. The first-order chi connectivity index (χ1) is 6.56. The Hall–Kier alpha value is -1.82. The Bertz CT molecular complexity index is 416. The van der Waals surface area contributed by atoms with E-state index in [0.29, 0.717) is 11.1 Å². The first kappa shape index (κ1) is 10.3. The highest BCUT2D eigenvalue weighted by molar-refractivity contribution is 5.72. The van der Waals surface area contributed by atoms with Crippen molar-refractivity contribution in [3.8, 4) is 6.07 Å². The largest absolute Gasteiger partial charge is 0.481 e. The fraction of sp³-hybridized carbons (Fsp3) is 0.273. The summed E-state index contributed by atoms with van der Waals surface area (Å²) in [7, 11) is 0. The number of nitrogens with zero attached hydrogens (tertiary/aromatic N) is 1. The summed E-state index contributed by atoms with van der Waals surface area (Å²) in [4.78, 5) is 10.6. The zero-order valence-corrected chi connectivity index (χ0v) is 8.16. The van der Waals surface area contributed by atoms with E-state index < -0.39 is 5.97 Å². The Labute approximate surface area is 82.6 Å². The van der Waals surface area contributed by atoms with Gasteiger partial charge in [0.05, 0.1) is 18.1 Å². The van der Waals surface area contributed by atoms with Crippen molar-refractivity contribution in [1.82, 2.24) is 0 Å². The molecule has 0 atom stereocenters. The molecular formula is C11H11NO2. The molecule has 0 bridgehead atoms. The summed E-state index contributed by atoms with van der Waals surface area (Å²) < 4.78 is 0. The predicted octanol–water partition coefficient (Wildman–Crippen LogP) is 1.80. The third kappa shape index (κ3) is 1.91. The summed E-state index contributed by atoms with van der Waals surface area (Å²) in [5.74, 6) is -0.907. The van der Waals surface area contributed by atoms with Crippen molar-refractivity contribution in [2.45, 2.75) is 20.3 Å². The molecule has 0 radical (unpaired) electrons. The quantitative estimate of drug-likeness (QED) is 0.771. The van der Waals surface area contributed by atoms with Gasteiger partial charge in [0.15, 0.2) is 0 Å². The lowest BCUT2D eigenvalue weighted by Gasteiger charge is -2.08. The normalized spacial score (nSPS) is 9.50. The smallest absolute Gasteiger partial charge is 0.307 e. The third-order valence-electron chi connectivity index (χ3n) is 2.32. The standard InChI is InChI=1S/C11H11NO2/c1-7-3-4-9(6-12)10(8(7)2)5-11(13)14/h3-4H,5H2,1-2H3,(H,13,14).